The second kappa shape index (κ2) is 19.4. The Kier molecular flexibility index (Phi) is 15.6. The molecule has 3 heterocycles. The number of carbonyl (C=O) groups excluding carboxylic acids is 3. The first-order valence-electron chi connectivity index (χ1n) is 14.2. The Balaban J connectivity index is 0.000000633. The highest BCUT2D eigenvalue weighted by atomic mass is 32.2. The molecule has 236 valence electrons. The van der Waals surface area contributed by atoms with Crippen molar-refractivity contribution in [2.45, 2.75) is 38.3 Å². The second-order valence-corrected chi connectivity index (χ2v) is 13.0. The fraction of sp³-hybridized carbons (Fsp3) is 0.571. The molecule has 1 saturated heterocycles. The number of nitrogens with one attached hydrogen (secondary N) is 3. The first kappa shape index (κ1) is 34.6. The van der Waals surface area contributed by atoms with Crippen LogP contribution in [0.15, 0.2) is 40.3 Å². The number of carboxylic acid groups (broad SMARTS) is 1. The number of aliphatic imine (C=N–C) groups is 2. The minimum Gasteiger partial charge on any atom is -0.480 e. The monoisotopic (exact) mass is 652 g/mol. The topological polar surface area (TPSA) is 162 Å². The molecule has 0 saturated carbocycles. The van der Waals surface area contributed by atoms with Gasteiger partial charge in [-0.15, -0.1) is 11.8 Å². The van der Waals surface area contributed by atoms with E-state index in [0.717, 1.165) is 36.0 Å². The van der Waals surface area contributed by atoms with Crippen molar-refractivity contribution in [2.75, 3.05) is 57.0 Å². The molecule has 0 bridgehead atoms. The van der Waals surface area contributed by atoms with Crippen LogP contribution in [0.1, 0.15) is 31.2 Å². The van der Waals surface area contributed by atoms with Crippen LogP contribution >= 0.6 is 35.3 Å². The van der Waals surface area contributed by atoms with Crippen LogP contribution in [0, 0.1) is 5.92 Å². The van der Waals surface area contributed by atoms with E-state index in [0.29, 0.717) is 38.9 Å². The SMILES string of the molecule is CSC1=NCCS1.O=C(N[C@@H](CNC(=O)C1CCN(C(=O)CCCNC2=NCCS2)CC1)C(=O)O)OCc1ccccc1. The molecule has 0 spiro atoms. The van der Waals surface area contributed by atoms with Gasteiger partial charge in [0.1, 0.15) is 17.0 Å². The van der Waals surface area contributed by atoms with Crippen LogP contribution in [0.25, 0.3) is 0 Å². The van der Waals surface area contributed by atoms with E-state index >= 15 is 0 Å². The number of carboxylic acids is 1. The van der Waals surface area contributed by atoms with Gasteiger partial charge in [-0.25, -0.2) is 9.59 Å². The van der Waals surface area contributed by atoms with Gasteiger partial charge in [0.05, 0.1) is 13.1 Å². The van der Waals surface area contributed by atoms with Crippen molar-refractivity contribution in [3.8, 4) is 0 Å². The fourth-order valence-electron chi connectivity index (χ4n) is 4.32. The highest BCUT2D eigenvalue weighted by Crippen LogP contribution is 2.19. The molecule has 4 rings (SSSR count). The summed E-state index contributed by atoms with van der Waals surface area (Å²) in [4.78, 5) is 58.8. The van der Waals surface area contributed by atoms with Crippen molar-refractivity contribution >= 4 is 68.7 Å². The minimum atomic E-state index is -1.32. The second-order valence-electron chi connectivity index (χ2n) is 9.76. The number of aliphatic carboxylic acids is 1. The lowest BCUT2D eigenvalue weighted by Crippen LogP contribution is -2.50. The molecule has 0 aliphatic carbocycles. The van der Waals surface area contributed by atoms with Crippen LogP contribution in [0.3, 0.4) is 0 Å². The van der Waals surface area contributed by atoms with Gasteiger partial charge in [-0.3, -0.25) is 19.6 Å². The summed E-state index contributed by atoms with van der Waals surface area (Å²) in [6, 6.07) is 7.69. The number of amides is 3. The molecule has 15 heteroatoms. The maximum Gasteiger partial charge on any atom is 0.408 e. The largest absolute Gasteiger partial charge is 0.480 e. The average molecular weight is 653 g/mol. The highest BCUT2D eigenvalue weighted by molar-refractivity contribution is 8.38. The van der Waals surface area contributed by atoms with E-state index in [9.17, 15) is 24.3 Å². The number of rotatable bonds is 11. The molecule has 3 aliphatic heterocycles. The van der Waals surface area contributed by atoms with Gasteiger partial charge in [-0.1, -0.05) is 53.9 Å². The van der Waals surface area contributed by atoms with E-state index in [2.05, 4.69) is 32.2 Å². The summed E-state index contributed by atoms with van der Waals surface area (Å²) in [5.41, 5.74) is 0.771. The van der Waals surface area contributed by atoms with Crippen molar-refractivity contribution in [3.05, 3.63) is 35.9 Å². The lowest BCUT2D eigenvalue weighted by atomic mass is 9.95. The third-order valence-electron chi connectivity index (χ3n) is 6.66. The Morgan fingerprint density at radius 1 is 1.09 bits per heavy atom. The average Bonchev–Trinajstić information content (AvgIpc) is 3.76. The molecule has 0 aromatic heterocycles. The summed E-state index contributed by atoms with van der Waals surface area (Å²) in [6.07, 6.45) is 3.36. The van der Waals surface area contributed by atoms with Gasteiger partial charge in [0.15, 0.2) is 5.17 Å². The number of nitrogens with zero attached hydrogens (tertiary/aromatic N) is 3. The molecule has 1 aromatic rings. The van der Waals surface area contributed by atoms with Gasteiger partial charge < -0.3 is 30.7 Å². The van der Waals surface area contributed by atoms with Crippen molar-refractivity contribution in [1.82, 2.24) is 20.9 Å². The van der Waals surface area contributed by atoms with Crippen LogP contribution in [-0.4, -0.2) is 106 Å². The van der Waals surface area contributed by atoms with Gasteiger partial charge in [0.2, 0.25) is 11.8 Å². The van der Waals surface area contributed by atoms with E-state index < -0.39 is 18.1 Å². The molecule has 0 unspecified atom stereocenters. The normalized spacial score (nSPS) is 17.1. The van der Waals surface area contributed by atoms with Gasteiger partial charge in [0, 0.05) is 50.0 Å². The van der Waals surface area contributed by atoms with Crippen LogP contribution in [0.2, 0.25) is 0 Å². The van der Waals surface area contributed by atoms with Gasteiger partial charge in [0.25, 0.3) is 0 Å². The van der Waals surface area contributed by atoms with E-state index in [-0.39, 0.29) is 30.9 Å². The minimum absolute atomic E-state index is 0.00748. The number of ether oxygens (including phenoxy) is 1. The summed E-state index contributed by atoms with van der Waals surface area (Å²) in [5.74, 6) is 0.384. The van der Waals surface area contributed by atoms with E-state index in [1.165, 1.54) is 10.1 Å². The van der Waals surface area contributed by atoms with Gasteiger partial charge >= 0.3 is 12.1 Å². The molecule has 12 nitrogen and oxygen atoms in total. The molecular weight excluding hydrogens is 613 g/mol. The third-order valence-corrected chi connectivity index (χ3v) is 9.69. The molecule has 3 amide bonds. The van der Waals surface area contributed by atoms with Gasteiger partial charge in [-0.2, -0.15) is 0 Å². The first-order valence-corrected chi connectivity index (χ1v) is 17.4. The number of amidine groups is 1. The van der Waals surface area contributed by atoms with E-state index in [1.807, 2.05) is 17.8 Å². The zero-order valence-electron chi connectivity index (χ0n) is 24.3. The predicted molar refractivity (Wildman–Crippen MR) is 174 cm³/mol. The molecule has 1 aromatic carbocycles. The highest BCUT2D eigenvalue weighted by Gasteiger charge is 2.29. The van der Waals surface area contributed by atoms with Crippen molar-refractivity contribution in [1.29, 1.82) is 0 Å². The Morgan fingerprint density at radius 2 is 1.81 bits per heavy atom. The first-order chi connectivity index (χ1) is 20.9. The summed E-state index contributed by atoms with van der Waals surface area (Å²) < 4.78 is 6.30. The number of piperidine rings is 1. The fourth-order valence-corrected chi connectivity index (χ4v) is 6.56. The quantitative estimate of drug-likeness (QED) is 0.262. The van der Waals surface area contributed by atoms with Crippen LogP contribution < -0.4 is 16.0 Å². The molecule has 1 atom stereocenters. The Bertz CT molecular complexity index is 1130. The Hall–Kier alpha value is -2.91. The maximum absolute atomic E-state index is 12.6. The lowest BCUT2D eigenvalue weighted by Gasteiger charge is -2.31. The number of carbonyl (C=O) groups is 4. The summed E-state index contributed by atoms with van der Waals surface area (Å²) in [7, 11) is 0. The zero-order chi connectivity index (χ0) is 30.9. The number of hydrogen-bond acceptors (Lipinski definition) is 11. The molecule has 1 fully saturated rings. The van der Waals surface area contributed by atoms with E-state index in [4.69, 9.17) is 4.74 Å². The van der Waals surface area contributed by atoms with Gasteiger partial charge in [-0.05, 0) is 31.1 Å². The molecular formula is C28H40N6O6S3. The predicted octanol–water partition coefficient (Wildman–Crippen LogP) is 2.65. The van der Waals surface area contributed by atoms with Crippen molar-refractivity contribution in [3.63, 3.8) is 0 Å². The number of alkyl carbamates (subject to hydrolysis) is 1. The summed E-state index contributed by atoms with van der Waals surface area (Å²) >= 11 is 5.29. The summed E-state index contributed by atoms with van der Waals surface area (Å²) in [6.45, 7) is 3.29. The number of hydrogen-bond donors (Lipinski definition) is 4. The standard InChI is InChI=1S/C24H33N5O6S.C4H7NS2/c30-20(7-4-10-25-23-26-11-14-36-23)29-12-8-18(9-13-29)21(31)27-15-19(22(32)33)28-24(34)35-16-17-5-2-1-3-6-17;1-6-4-5-2-3-7-4/h1-3,5-6,18-19H,4,7-16H2,(H,25,26)(H,27,31)(H,28,34)(H,32,33);2-3H2,1H3/t19-;/m0./s1. The third kappa shape index (κ3) is 13.1. The Labute approximate surface area is 265 Å². The molecule has 43 heavy (non-hydrogen) atoms. The van der Waals surface area contributed by atoms with Crippen LogP contribution in [0.5, 0.6) is 0 Å². The van der Waals surface area contributed by atoms with Crippen LogP contribution in [-0.2, 0) is 25.7 Å². The number of thioether (sulfide) groups is 3. The molecule has 0 radical (unpaired) electrons. The molecule has 4 N–H and O–H groups in total. The van der Waals surface area contributed by atoms with E-state index in [1.54, 1.807) is 52.7 Å². The zero-order valence-corrected chi connectivity index (χ0v) is 26.7. The van der Waals surface area contributed by atoms with Crippen LogP contribution in [0.4, 0.5) is 4.79 Å². The lowest BCUT2D eigenvalue weighted by molar-refractivity contribution is -0.140. The number of likely N-dealkylation sites (tertiary alicyclic amines) is 1. The summed E-state index contributed by atoms with van der Waals surface area (Å²) in [5, 5.41) is 18.5. The Morgan fingerprint density at radius 3 is 2.42 bits per heavy atom. The maximum atomic E-state index is 12.6. The smallest absolute Gasteiger partial charge is 0.408 e. The molecule has 3 aliphatic rings. The number of benzene rings is 1. The van der Waals surface area contributed by atoms with Crippen molar-refractivity contribution in [2.24, 2.45) is 15.9 Å². The van der Waals surface area contributed by atoms with Crippen molar-refractivity contribution < 1.29 is 29.0 Å².